The van der Waals surface area contributed by atoms with Crippen molar-refractivity contribution in [3.8, 4) is 0 Å². The molecular weight excluding hydrogens is 116 g/mol. The summed E-state index contributed by atoms with van der Waals surface area (Å²) in [5, 5.41) is 0. The van der Waals surface area contributed by atoms with Gasteiger partial charge in [-0.1, -0.05) is 0 Å². The fraction of sp³-hybridized carbons (Fsp3) is 0.250. The van der Waals surface area contributed by atoms with E-state index in [0.29, 0.717) is 12.2 Å². The largest absolute Gasteiger partial charge is 0.366 e. The maximum atomic E-state index is 11.1. The van der Waals surface area contributed by atoms with Gasteiger partial charge in [0.15, 0.2) is 0 Å². The summed E-state index contributed by atoms with van der Waals surface area (Å²) in [6.07, 6.45) is -1.53. The molecule has 0 atom stereocenters. The Labute approximate surface area is 45.0 Å². The predicted molar refractivity (Wildman–Crippen MR) is 24.3 cm³/mol. The summed E-state index contributed by atoms with van der Waals surface area (Å²) in [7, 11) is 0. The quantitative estimate of drug-likeness (QED) is 0.524. The van der Waals surface area contributed by atoms with Gasteiger partial charge in [-0.05, 0) is 6.08 Å². The summed E-state index contributed by atoms with van der Waals surface area (Å²) < 4.78 is 22.2. The monoisotopic (exact) mass is 121 g/mol. The van der Waals surface area contributed by atoms with Gasteiger partial charge in [0.1, 0.15) is 0 Å². The summed E-state index contributed by atoms with van der Waals surface area (Å²) in [5.74, 6) is -0.856. The van der Waals surface area contributed by atoms with E-state index >= 15 is 0 Å². The second-order valence-electron chi connectivity index (χ2n) is 1.10. The summed E-state index contributed by atoms with van der Waals surface area (Å²) >= 11 is 0. The smallest absolute Gasteiger partial charge is 0.257 e. The van der Waals surface area contributed by atoms with E-state index < -0.39 is 12.3 Å². The number of primary amides is 1. The Morgan fingerprint density at radius 1 is 1.62 bits per heavy atom. The summed E-state index contributed by atoms with van der Waals surface area (Å²) in [6, 6.07) is 0. The second kappa shape index (κ2) is 3.12. The van der Waals surface area contributed by atoms with Crippen LogP contribution in [-0.4, -0.2) is 12.3 Å². The SMILES string of the molecule is NC(=O)/C=C/C(F)F. The van der Waals surface area contributed by atoms with Crippen LogP contribution in [0.3, 0.4) is 0 Å². The average molecular weight is 121 g/mol. The molecule has 0 aliphatic heterocycles. The molecule has 0 spiro atoms. The van der Waals surface area contributed by atoms with Gasteiger partial charge in [0.2, 0.25) is 5.91 Å². The highest BCUT2D eigenvalue weighted by Gasteiger charge is 1.92. The molecule has 2 nitrogen and oxygen atoms in total. The topological polar surface area (TPSA) is 43.1 Å². The van der Waals surface area contributed by atoms with E-state index in [1.165, 1.54) is 0 Å². The molecule has 0 radical (unpaired) electrons. The van der Waals surface area contributed by atoms with Gasteiger partial charge in [-0.25, -0.2) is 8.78 Å². The van der Waals surface area contributed by atoms with Crippen molar-refractivity contribution in [1.29, 1.82) is 0 Å². The maximum absolute atomic E-state index is 11.1. The van der Waals surface area contributed by atoms with E-state index in [1.54, 1.807) is 0 Å². The molecule has 46 valence electrons. The fourth-order valence-corrected chi connectivity index (χ4v) is 0.168. The second-order valence-corrected chi connectivity index (χ2v) is 1.10. The zero-order valence-corrected chi connectivity index (χ0v) is 3.97. The molecule has 0 aromatic rings. The van der Waals surface area contributed by atoms with E-state index in [2.05, 4.69) is 5.73 Å². The molecule has 2 N–H and O–H groups in total. The number of amides is 1. The first kappa shape index (κ1) is 7.07. The van der Waals surface area contributed by atoms with E-state index in [9.17, 15) is 13.6 Å². The highest BCUT2D eigenvalue weighted by molar-refractivity contribution is 5.85. The Bertz CT molecular complexity index is 111. The normalized spacial score (nSPS) is 10.9. The van der Waals surface area contributed by atoms with Crippen LogP contribution in [0.1, 0.15) is 0 Å². The molecule has 0 saturated carbocycles. The van der Waals surface area contributed by atoms with Crippen LogP contribution in [0.25, 0.3) is 0 Å². The number of rotatable bonds is 2. The number of hydrogen-bond donors (Lipinski definition) is 1. The third-order valence-electron chi connectivity index (χ3n) is 0.406. The minimum absolute atomic E-state index is 0.433. The lowest BCUT2D eigenvalue weighted by Gasteiger charge is -1.81. The molecule has 0 fully saturated rings. The number of halogens is 2. The van der Waals surface area contributed by atoms with Gasteiger partial charge in [0, 0.05) is 6.08 Å². The Morgan fingerprint density at radius 3 is 2.25 bits per heavy atom. The number of hydrogen-bond acceptors (Lipinski definition) is 1. The Kier molecular flexibility index (Phi) is 2.76. The highest BCUT2D eigenvalue weighted by Crippen LogP contribution is 1.91. The van der Waals surface area contributed by atoms with E-state index in [-0.39, 0.29) is 0 Å². The van der Waals surface area contributed by atoms with Gasteiger partial charge >= 0.3 is 0 Å². The van der Waals surface area contributed by atoms with Crippen LogP contribution in [0, 0.1) is 0 Å². The number of alkyl halides is 2. The first-order valence-electron chi connectivity index (χ1n) is 1.88. The molecule has 1 amide bonds. The van der Waals surface area contributed by atoms with Crippen molar-refractivity contribution in [2.45, 2.75) is 6.43 Å². The average Bonchev–Trinajstić information content (AvgIpc) is 1.61. The van der Waals surface area contributed by atoms with Crippen LogP contribution in [-0.2, 0) is 4.79 Å². The van der Waals surface area contributed by atoms with Crippen molar-refractivity contribution in [3.05, 3.63) is 12.2 Å². The molecule has 0 aliphatic rings. The molecule has 0 saturated heterocycles. The van der Waals surface area contributed by atoms with Gasteiger partial charge in [0.05, 0.1) is 0 Å². The van der Waals surface area contributed by atoms with E-state index in [1.807, 2.05) is 0 Å². The zero-order valence-electron chi connectivity index (χ0n) is 3.97. The first-order valence-corrected chi connectivity index (χ1v) is 1.88. The number of carbonyl (C=O) groups excluding carboxylic acids is 1. The Hall–Kier alpha value is -0.930. The van der Waals surface area contributed by atoms with Crippen molar-refractivity contribution in [3.63, 3.8) is 0 Å². The molecular formula is C4H5F2NO. The number of allylic oxidation sites excluding steroid dienone is 1. The molecule has 0 heterocycles. The van der Waals surface area contributed by atoms with Crippen molar-refractivity contribution in [1.82, 2.24) is 0 Å². The lowest BCUT2D eigenvalue weighted by molar-refractivity contribution is -0.113. The molecule has 0 aromatic heterocycles. The van der Waals surface area contributed by atoms with Gasteiger partial charge in [-0.15, -0.1) is 0 Å². The first-order chi connectivity index (χ1) is 3.63. The molecule has 0 aromatic carbocycles. The van der Waals surface area contributed by atoms with E-state index in [0.717, 1.165) is 0 Å². The highest BCUT2D eigenvalue weighted by atomic mass is 19.3. The minimum atomic E-state index is -2.59. The lowest BCUT2D eigenvalue weighted by Crippen LogP contribution is -2.06. The Balaban J connectivity index is 3.50. The van der Waals surface area contributed by atoms with Crippen molar-refractivity contribution in [2.24, 2.45) is 5.73 Å². The fourth-order valence-electron chi connectivity index (χ4n) is 0.168. The molecule has 0 aliphatic carbocycles. The standard InChI is InChI=1S/C4H5F2NO/c5-3(6)1-2-4(7)8/h1-3H,(H2,7,8)/b2-1+. The molecule has 4 heteroatoms. The van der Waals surface area contributed by atoms with Crippen molar-refractivity contribution < 1.29 is 13.6 Å². The van der Waals surface area contributed by atoms with Crippen LogP contribution >= 0.6 is 0 Å². The van der Waals surface area contributed by atoms with Crippen LogP contribution < -0.4 is 5.73 Å². The van der Waals surface area contributed by atoms with Crippen LogP contribution in [0.2, 0.25) is 0 Å². The minimum Gasteiger partial charge on any atom is -0.366 e. The van der Waals surface area contributed by atoms with Crippen LogP contribution in [0.4, 0.5) is 8.78 Å². The third-order valence-corrected chi connectivity index (χ3v) is 0.406. The maximum Gasteiger partial charge on any atom is 0.257 e. The van der Waals surface area contributed by atoms with Crippen LogP contribution in [0.15, 0.2) is 12.2 Å². The zero-order chi connectivity index (χ0) is 6.57. The van der Waals surface area contributed by atoms with Crippen molar-refractivity contribution >= 4 is 5.91 Å². The van der Waals surface area contributed by atoms with Gasteiger partial charge in [0.25, 0.3) is 6.43 Å². The lowest BCUT2D eigenvalue weighted by atomic mass is 10.5. The molecule has 0 unspecified atom stereocenters. The third kappa shape index (κ3) is 5.07. The number of carbonyl (C=O) groups is 1. The summed E-state index contributed by atoms with van der Waals surface area (Å²) in [6.45, 7) is 0. The van der Waals surface area contributed by atoms with Gasteiger partial charge < -0.3 is 5.73 Å². The summed E-state index contributed by atoms with van der Waals surface area (Å²) in [4.78, 5) is 9.71. The van der Waals surface area contributed by atoms with Gasteiger partial charge in [-0.2, -0.15) is 0 Å². The van der Waals surface area contributed by atoms with Crippen molar-refractivity contribution in [2.75, 3.05) is 0 Å². The molecule has 0 rings (SSSR count). The van der Waals surface area contributed by atoms with Gasteiger partial charge in [-0.3, -0.25) is 4.79 Å². The molecule has 0 bridgehead atoms. The van der Waals surface area contributed by atoms with Crippen LogP contribution in [0.5, 0.6) is 0 Å². The number of nitrogens with two attached hydrogens (primary N) is 1. The molecule has 8 heavy (non-hydrogen) atoms. The Morgan fingerprint density at radius 2 is 2.12 bits per heavy atom. The predicted octanol–water partition coefficient (Wildman–Crippen LogP) is 0.293. The summed E-state index contributed by atoms with van der Waals surface area (Å²) in [5.41, 5.74) is 4.48. The van der Waals surface area contributed by atoms with E-state index in [4.69, 9.17) is 0 Å².